The number of fused-ring (bicyclic) bond motifs is 1. The SMILES string of the molecule is CC(=O)c1cc(O)cc(-c2nc(CC(=O)C3(c4ccc5c(c4)OC(F)(F)O5)CC3)ccc2C)c1. The van der Waals surface area contributed by atoms with Crippen molar-refractivity contribution in [2.24, 2.45) is 0 Å². The van der Waals surface area contributed by atoms with E-state index in [4.69, 9.17) is 0 Å². The molecule has 2 aliphatic rings. The van der Waals surface area contributed by atoms with E-state index in [0.717, 1.165) is 5.56 Å². The zero-order chi connectivity index (χ0) is 24.3. The van der Waals surface area contributed by atoms with Crippen LogP contribution in [0.2, 0.25) is 0 Å². The van der Waals surface area contributed by atoms with E-state index in [1.807, 2.05) is 13.0 Å². The lowest BCUT2D eigenvalue weighted by Crippen LogP contribution is -2.26. The second-order valence-electron chi connectivity index (χ2n) is 8.80. The molecule has 0 saturated heterocycles. The third-order valence-electron chi connectivity index (χ3n) is 6.33. The highest BCUT2D eigenvalue weighted by Crippen LogP contribution is 2.52. The predicted octanol–water partition coefficient (Wildman–Crippen LogP) is 5.13. The number of aryl methyl sites for hydroxylation is 1. The number of benzene rings is 2. The number of rotatable bonds is 6. The Morgan fingerprint density at radius 1 is 1.03 bits per heavy atom. The van der Waals surface area contributed by atoms with Gasteiger partial charge in [-0.25, -0.2) is 0 Å². The summed E-state index contributed by atoms with van der Waals surface area (Å²) in [5.41, 5.74) is 2.72. The number of carbonyl (C=O) groups is 2. The molecule has 0 unspecified atom stereocenters. The predicted molar refractivity (Wildman–Crippen MR) is 118 cm³/mol. The van der Waals surface area contributed by atoms with E-state index in [1.54, 1.807) is 18.2 Å². The molecule has 2 heterocycles. The van der Waals surface area contributed by atoms with Gasteiger partial charge in [-0.2, -0.15) is 0 Å². The summed E-state index contributed by atoms with van der Waals surface area (Å²) in [5.74, 6) is -0.435. The Hall–Kier alpha value is -3.81. The first-order valence-corrected chi connectivity index (χ1v) is 10.8. The summed E-state index contributed by atoms with van der Waals surface area (Å²) in [6.45, 7) is 3.27. The van der Waals surface area contributed by atoms with Crippen molar-refractivity contribution in [3.8, 4) is 28.5 Å². The normalized spacial score (nSPS) is 16.8. The molecule has 174 valence electrons. The summed E-state index contributed by atoms with van der Waals surface area (Å²) in [5, 5.41) is 10.0. The average Bonchev–Trinajstić information content (AvgIpc) is 3.51. The lowest BCUT2D eigenvalue weighted by atomic mass is 9.88. The van der Waals surface area contributed by atoms with Crippen molar-refractivity contribution in [3.63, 3.8) is 0 Å². The van der Waals surface area contributed by atoms with Crippen LogP contribution in [0, 0.1) is 6.92 Å². The van der Waals surface area contributed by atoms with Crippen molar-refractivity contribution in [1.82, 2.24) is 4.98 Å². The summed E-state index contributed by atoms with van der Waals surface area (Å²) in [6.07, 6.45) is -2.45. The lowest BCUT2D eigenvalue weighted by molar-refractivity contribution is -0.286. The number of hydrogen-bond donors (Lipinski definition) is 1. The fourth-order valence-corrected chi connectivity index (χ4v) is 4.34. The van der Waals surface area contributed by atoms with E-state index in [1.165, 1.54) is 31.2 Å². The van der Waals surface area contributed by atoms with Gasteiger partial charge in [-0.05, 0) is 74.2 Å². The lowest BCUT2D eigenvalue weighted by Gasteiger charge is -2.16. The molecule has 0 spiro atoms. The number of phenolic OH excluding ortho intramolecular Hbond substituents is 1. The van der Waals surface area contributed by atoms with Gasteiger partial charge in [0.05, 0.1) is 11.1 Å². The zero-order valence-corrected chi connectivity index (χ0v) is 18.5. The van der Waals surface area contributed by atoms with Crippen LogP contribution in [0.25, 0.3) is 11.3 Å². The third kappa shape index (κ3) is 3.89. The van der Waals surface area contributed by atoms with Gasteiger partial charge in [0.1, 0.15) is 11.5 Å². The molecule has 3 aromatic rings. The number of phenols is 1. The number of alkyl halides is 2. The van der Waals surface area contributed by atoms with Gasteiger partial charge in [0.15, 0.2) is 17.3 Å². The van der Waals surface area contributed by atoms with E-state index in [2.05, 4.69) is 14.5 Å². The molecule has 0 amide bonds. The molecule has 8 heteroatoms. The van der Waals surface area contributed by atoms with Crippen LogP contribution < -0.4 is 9.47 Å². The number of carbonyl (C=O) groups excluding carboxylic acids is 2. The Labute approximate surface area is 194 Å². The zero-order valence-electron chi connectivity index (χ0n) is 18.5. The molecular weight excluding hydrogens is 444 g/mol. The number of aromatic nitrogens is 1. The number of pyridine rings is 1. The van der Waals surface area contributed by atoms with E-state index in [-0.39, 0.29) is 35.2 Å². The van der Waals surface area contributed by atoms with Gasteiger partial charge in [-0.3, -0.25) is 14.6 Å². The summed E-state index contributed by atoms with van der Waals surface area (Å²) < 4.78 is 35.7. The smallest absolute Gasteiger partial charge is 0.508 e. The molecule has 1 saturated carbocycles. The van der Waals surface area contributed by atoms with E-state index < -0.39 is 11.7 Å². The van der Waals surface area contributed by atoms with Crippen molar-refractivity contribution in [1.29, 1.82) is 0 Å². The van der Waals surface area contributed by atoms with Gasteiger partial charge < -0.3 is 14.6 Å². The molecule has 6 nitrogen and oxygen atoms in total. The Balaban J connectivity index is 1.42. The highest BCUT2D eigenvalue weighted by molar-refractivity contribution is 5.96. The van der Waals surface area contributed by atoms with Gasteiger partial charge in [0.25, 0.3) is 0 Å². The van der Waals surface area contributed by atoms with E-state index >= 15 is 0 Å². The van der Waals surface area contributed by atoms with Crippen molar-refractivity contribution in [2.45, 2.75) is 44.8 Å². The maximum Gasteiger partial charge on any atom is 0.586 e. The highest BCUT2D eigenvalue weighted by atomic mass is 19.3. The minimum atomic E-state index is -3.71. The summed E-state index contributed by atoms with van der Waals surface area (Å²) in [4.78, 5) is 29.8. The molecule has 1 N–H and O–H groups in total. The maximum atomic E-state index is 13.4. The van der Waals surface area contributed by atoms with Crippen LogP contribution >= 0.6 is 0 Å². The second kappa shape index (κ2) is 7.62. The molecule has 0 atom stereocenters. The number of nitrogens with zero attached hydrogens (tertiary/aromatic N) is 1. The van der Waals surface area contributed by atoms with Crippen molar-refractivity contribution >= 4 is 11.6 Å². The van der Waals surface area contributed by atoms with Gasteiger partial charge >= 0.3 is 6.29 Å². The van der Waals surface area contributed by atoms with Crippen LogP contribution in [-0.2, 0) is 16.6 Å². The van der Waals surface area contributed by atoms with Crippen LogP contribution in [0.3, 0.4) is 0 Å². The molecule has 0 bridgehead atoms. The number of halogens is 2. The van der Waals surface area contributed by atoms with E-state index in [9.17, 15) is 23.5 Å². The fraction of sp³-hybridized carbons (Fsp3) is 0.269. The van der Waals surface area contributed by atoms with Crippen molar-refractivity contribution < 1.29 is 33.0 Å². The first-order chi connectivity index (χ1) is 16.1. The Morgan fingerprint density at radius 2 is 1.76 bits per heavy atom. The summed E-state index contributed by atoms with van der Waals surface area (Å²) >= 11 is 0. The standard InChI is InChI=1S/C26H21F2NO5/c1-14-3-5-19(29-24(14)17-9-16(15(2)30)10-20(31)11-17)13-23(32)25(7-8-25)18-4-6-21-22(12-18)34-26(27,28)33-21/h3-6,9-12,31H,7-8,13H2,1-2H3. The van der Waals surface area contributed by atoms with Crippen molar-refractivity contribution in [3.05, 3.63) is 70.9 Å². The van der Waals surface area contributed by atoms with Gasteiger partial charge in [-0.1, -0.05) is 12.1 Å². The Bertz CT molecular complexity index is 1350. The van der Waals surface area contributed by atoms with Crippen LogP contribution in [0.5, 0.6) is 17.2 Å². The average molecular weight is 465 g/mol. The number of hydrogen-bond acceptors (Lipinski definition) is 6. The number of ether oxygens (including phenoxy) is 2. The van der Waals surface area contributed by atoms with Crippen LogP contribution in [0.4, 0.5) is 8.78 Å². The summed E-state index contributed by atoms with van der Waals surface area (Å²) in [7, 11) is 0. The Kier molecular flexibility index (Phi) is 4.93. The molecule has 0 radical (unpaired) electrons. The van der Waals surface area contributed by atoms with Crippen LogP contribution in [0.15, 0.2) is 48.5 Å². The minimum Gasteiger partial charge on any atom is -0.508 e. The van der Waals surface area contributed by atoms with E-state index in [0.29, 0.717) is 40.9 Å². The number of Topliss-reactive ketones (excluding diaryl/α,β-unsaturated/α-hetero) is 2. The van der Waals surface area contributed by atoms with Crippen LogP contribution in [0.1, 0.15) is 46.9 Å². The second-order valence-corrected chi connectivity index (χ2v) is 8.80. The molecule has 5 rings (SSSR count). The molecule has 2 aromatic carbocycles. The van der Waals surface area contributed by atoms with Gasteiger partial charge in [0, 0.05) is 23.2 Å². The monoisotopic (exact) mass is 465 g/mol. The Morgan fingerprint density at radius 3 is 2.47 bits per heavy atom. The number of ketones is 2. The fourth-order valence-electron chi connectivity index (χ4n) is 4.34. The highest BCUT2D eigenvalue weighted by Gasteiger charge is 2.52. The first-order valence-electron chi connectivity index (χ1n) is 10.8. The molecule has 1 aliphatic carbocycles. The molecule has 34 heavy (non-hydrogen) atoms. The third-order valence-corrected chi connectivity index (χ3v) is 6.33. The quantitative estimate of drug-likeness (QED) is 0.508. The topological polar surface area (TPSA) is 85.7 Å². The van der Waals surface area contributed by atoms with Crippen LogP contribution in [-0.4, -0.2) is 28.0 Å². The molecule has 1 fully saturated rings. The van der Waals surface area contributed by atoms with Crippen molar-refractivity contribution in [2.75, 3.05) is 0 Å². The van der Waals surface area contributed by atoms with Gasteiger partial charge in [-0.15, -0.1) is 8.78 Å². The molecular formula is C26H21F2NO5. The minimum absolute atomic E-state index is 0.0456. The molecule has 1 aromatic heterocycles. The van der Waals surface area contributed by atoms with Gasteiger partial charge in [0.2, 0.25) is 0 Å². The summed E-state index contributed by atoms with van der Waals surface area (Å²) in [6, 6.07) is 12.7. The first kappa shape index (κ1) is 22.0. The number of aromatic hydroxyl groups is 1. The largest absolute Gasteiger partial charge is 0.586 e. The molecule has 1 aliphatic heterocycles. The maximum absolute atomic E-state index is 13.4.